The second-order valence-corrected chi connectivity index (χ2v) is 3.49. The first-order chi connectivity index (χ1) is 8.16. The molecule has 1 amide bonds. The Morgan fingerprint density at radius 1 is 1.35 bits per heavy atom. The van der Waals surface area contributed by atoms with Crippen LogP contribution in [0.2, 0.25) is 0 Å². The van der Waals surface area contributed by atoms with Crippen LogP contribution in [0.25, 0.3) is 0 Å². The molecule has 1 aromatic carbocycles. The van der Waals surface area contributed by atoms with E-state index in [0.29, 0.717) is 11.3 Å². The van der Waals surface area contributed by atoms with Crippen LogP contribution in [0.4, 0.5) is 11.6 Å². The number of anilines is 2. The van der Waals surface area contributed by atoms with Crippen molar-refractivity contribution < 1.29 is 4.79 Å². The fourth-order valence-electron chi connectivity index (χ4n) is 1.36. The normalized spacial score (nSPS) is 9.94. The van der Waals surface area contributed by atoms with Crippen LogP contribution in [-0.2, 0) is 0 Å². The van der Waals surface area contributed by atoms with Gasteiger partial charge in [-0.25, -0.2) is 4.98 Å². The lowest BCUT2D eigenvalue weighted by molar-refractivity contribution is 0.102. The lowest BCUT2D eigenvalue weighted by Crippen LogP contribution is -2.16. The molecule has 86 valence electrons. The number of carbonyl (C=O) groups excluding carboxylic acids is 1. The first-order valence-corrected chi connectivity index (χ1v) is 4.98. The Morgan fingerprint density at radius 2 is 2.18 bits per heavy atom. The van der Waals surface area contributed by atoms with Crippen LogP contribution in [0.5, 0.6) is 0 Å². The summed E-state index contributed by atoms with van der Waals surface area (Å²) in [6.45, 7) is 1.83. The molecule has 0 fully saturated rings. The number of aryl methyl sites for hydroxylation is 1. The van der Waals surface area contributed by atoms with Gasteiger partial charge < -0.3 is 5.73 Å². The Bertz CT molecular complexity index is 541. The highest BCUT2D eigenvalue weighted by molar-refractivity contribution is 6.04. The number of nitrogens with zero attached hydrogens (tertiary/aromatic N) is 3. The second-order valence-electron chi connectivity index (χ2n) is 3.49. The number of nitrogens with two attached hydrogens (primary N) is 1. The first kappa shape index (κ1) is 11.0. The van der Waals surface area contributed by atoms with Gasteiger partial charge in [-0.2, -0.15) is 5.10 Å². The van der Waals surface area contributed by atoms with Gasteiger partial charge in [0.1, 0.15) is 0 Å². The monoisotopic (exact) mass is 229 g/mol. The number of carbonyl (C=O) groups is 1. The third kappa shape index (κ3) is 2.54. The van der Waals surface area contributed by atoms with E-state index in [9.17, 15) is 4.79 Å². The van der Waals surface area contributed by atoms with Crippen molar-refractivity contribution in [2.75, 3.05) is 11.1 Å². The Balaban J connectivity index is 2.23. The van der Waals surface area contributed by atoms with E-state index in [1.165, 1.54) is 12.4 Å². The van der Waals surface area contributed by atoms with Crippen LogP contribution in [-0.4, -0.2) is 21.1 Å². The van der Waals surface area contributed by atoms with Gasteiger partial charge in [-0.1, -0.05) is 6.07 Å². The topological polar surface area (TPSA) is 93.8 Å². The fourth-order valence-corrected chi connectivity index (χ4v) is 1.36. The lowest BCUT2D eigenvalue weighted by atomic mass is 10.1. The quantitative estimate of drug-likeness (QED) is 0.749. The summed E-state index contributed by atoms with van der Waals surface area (Å²) < 4.78 is 0. The predicted molar refractivity (Wildman–Crippen MR) is 63.4 cm³/mol. The van der Waals surface area contributed by atoms with Crippen LogP contribution in [0, 0.1) is 6.92 Å². The molecule has 1 aromatic heterocycles. The fraction of sp³-hybridized carbons (Fsp3) is 0.0909. The highest BCUT2D eigenvalue weighted by Crippen LogP contribution is 2.13. The molecule has 0 saturated carbocycles. The summed E-state index contributed by atoms with van der Waals surface area (Å²) in [6, 6.07) is 5.14. The van der Waals surface area contributed by atoms with E-state index in [-0.39, 0.29) is 11.9 Å². The van der Waals surface area contributed by atoms with Crippen molar-refractivity contribution in [3.63, 3.8) is 0 Å². The van der Waals surface area contributed by atoms with E-state index in [1.54, 1.807) is 18.2 Å². The Labute approximate surface area is 97.9 Å². The third-order valence-corrected chi connectivity index (χ3v) is 2.21. The number of rotatable bonds is 2. The van der Waals surface area contributed by atoms with Gasteiger partial charge in [0.05, 0.1) is 12.4 Å². The molecule has 0 aliphatic rings. The molecule has 0 saturated heterocycles. The second kappa shape index (κ2) is 4.56. The SMILES string of the molecule is Cc1ccc(N)cc1C(=O)Nc1nccnn1. The minimum atomic E-state index is -0.303. The van der Waals surface area contributed by atoms with Crippen molar-refractivity contribution in [2.24, 2.45) is 0 Å². The number of aromatic nitrogens is 3. The standard InChI is InChI=1S/C11H11N5O/c1-7-2-3-8(12)6-9(7)10(17)15-11-13-4-5-14-16-11/h2-6H,12H2,1H3,(H,13,15,16,17). The first-order valence-electron chi connectivity index (χ1n) is 4.98. The van der Waals surface area contributed by atoms with Gasteiger partial charge in [0, 0.05) is 11.3 Å². The van der Waals surface area contributed by atoms with E-state index in [1.807, 2.05) is 6.92 Å². The van der Waals surface area contributed by atoms with E-state index < -0.39 is 0 Å². The molecule has 2 rings (SSSR count). The van der Waals surface area contributed by atoms with Gasteiger partial charge in [-0.05, 0) is 24.6 Å². The summed E-state index contributed by atoms with van der Waals surface area (Å²) in [4.78, 5) is 15.8. The molecular weight excluding hydrogens is 218 g/mol. The van der Waals surface area contributed by atoms with Crippen LogP contribution in [0.15, 0.2) is 30.6 Å². The molecule has 1 heterocycles. The molecule has 0 unspecified atom stereocenters. The molecule has 0 spiro atoms. The Morgan fingerprint density at radius 3 is 2.88 bits per heavy atom. The van der Waals surface area contributed by atoms with E-state index in [4.69, 9.17) is 5.73 Å². The predicted octanol–water partition coefficient (Wildman–Crippen LogP) is 1.01. The van der Waals surface area contributed by atoms with Crippen LogP contribution in [0.1, 0.15) is 15.9 Å². The lowest BCUT2D eigenvalue weighted by Gasteiger charge is -2.06. The van der Waals surface area contributed by atoms with Crippen molar-refractivity contribution in [1.29, 1.82) is 0 Å². The average molecular weight is 229 g/mol. The van der Waals surface area contributed by atoms with Crippen molar-refractivity contribution in [2.45, 2.75) is 6.92 Å². The zero-order valence-electron chi connectivity index (χ0n) is 9.21. The van der Waals surface area contributed by atoms with Crippen molar-refractivity contribution in [3.05, 3.63) is 41.7 Å². The number of amides is 1. The number of hydrogen-bond donors (Lipinski definition) is 2. The maximum absolute atomic E-state index is 11.9. The van der Waals surface area contributed by atoms with Crippen LogP contribution in [0.3, 0.4) is 0 Å². The van der Waals surface area contributed by atoms with Gasteiger partial charge in [-0.15, -0.1) is 5.10 Å². The highest BCUT2D eigenvalue weighted by Gasteiger charge is 2.10. The number of hydrogen-bond acceptors (Lipinski definition) is 5. The Hall–Kier alpha value is -2.50. The van der Waals surface area contributed by atoms with Gasteiger partial charge >= 0.3 is 0 Å². The summed E-state index contributed by atoms with van der Waals surface area (Å²) in [5, 5.41) is 9.84. The van der Waals surface area contributed by atoms with Gasteiger partial charge in [0.15, 0.2) is 0 Å². The van der Waals surface area contributed by atoms with E-state index >= 15 is 0 Å². The molecule has 0 radical (unpaired) electrons. The molecule has 3 N–H and O–H groups in total. The molecular formula is C11H11N5O. The minimum Gasteiger partial charge on any atom is -0.399 e. The average Bonchev–Trinajstić information content (AvgIpc) is 2.33. The summed E-state index contributed by atoms with van der Waals surface area (Å²) in [6.07, 6.45) is 2.89. The molecule has 0 aliphatic carbocycles. The van der Waals surface area contributed by atoms with Gasteiger partial charge in [-0.3, -0.25) is 10.1 Å². The minimum absolute atomic E-state index is 0.166. The molecule has 17 heavy (non-hydrogen) atoms. The van der Waals surface area contributed by atoms with Crippen molar-refractivity contribution in [3.8, 4) is 0 Å². The van der Waals surface area contributed by atoms with E-state index in [2.05, 4.69) is 20.5 Å². The van der Waals surface area contributed by atoms with Crippen molar-refractivity contribution >= 4 is 17.5 Å². The van der Waals surface area contributed by atoms with Crippen molar-refractivity contribution in [1.82, 2.24) is 15.2 Å². The molecule has 2 aromatic rings. The molecule has 6 nitrogen and oxygen atoms in total. The number of nitrogen functional groups attached to an aromatic ring is 1. The zero-order chi connectivity index (χ0) is 12.3. The maximum Gasteiger partial charge on any atom is 0.258 e. The molecule has 0 bridgehead atoms. The number of nitrogens with one attached hydrogen (secondary N) is 1. The molecule has 6 heteroatoms. The largest absolute Gasteiger partial charge is 0.399 e. The summed E-state index contributed by atoms with van der Waals surface area (Å²) in [7, 11) is 0. The summed E-state index contributed by atoms with van der Waals surface area (Å²) >= 11 is 0. The van der Waals surface area contributed by atoms with Gasteiger partial charge in [0.25, 0.3) is 5.91 Å². The summed E-state index contributed by atoms with van der Waals surface area (Å²) in [5.74, 6) is -0.137. The molecule has 0 atom stereocenters. The highest BCUT2D eigenvalue weighted by atomic mass is 16.1. The smallest absolute Gasteiger partial charge is 0.258 e. The van der Waals surface area contributed by atoms with E-state index in [0.717, 1.165) is 5.56 Å². The zero-order valence-corrected chi connectivity index (χ0v) is 9.21. The van der Waals surface area contributed by atoms with Crippen LogP contribution < -0.4 is 11.1 Å². The Kier molecular flexibility index (Phi) is 2.95. The summed E-state index contributed by atoms with van der Waals surface area (Å²) in [5.41, 5.74) is 7.50. The number of benzene rings is 1. The van der Waals surface area contributed by atoms with Crippen LogP contribution >= 0.6 is 0 Å². The maximum atomic E-state index is 11.9. The molecule has 0 aliphatic heterocycles. The van der Waals surface area contributed by atoms with Gasteiger partial charge in [0.2, 0.25) is 5.95 Å². The third-order valence-electron chi connectivity index (χ3n) is 2.21.